The van der Waals surface area contributed by atoms with E-state index < -0.39 is 0 Å². The first-order chi connectivity index (χ1) is 13.3. The summed E-state index contributed by atoms with van der Waals surface area (Å²) in [5.41, 5.74) is 5.44. The molecule has 1 aliphatic heterocycles. The summed E-state index contributed by atoms with van der Waals surface area (Å²) in [6, 6.07) is 12.2. The minimum absolute atomic E-state index is 0.0164. The molecule has 1 unspecified atom stereocenters. The summed E-state index contributed by atoms with van der Waals surface area (Å²) in [7, 11) is 1.91. The molecule has 0 bridgehead atoms. The summed E-state index contributed by atoms with van der Waals surface area (Å²) >= 11 is 0. The Hall–Kier alpha value is -3.19. The number of anilines is 1. The van der Waals surface area contributed by atoms with Crippen molar-refractivity contribution in [3.05, 3.63) is 71.7 Å². The van der Waals surface area contributed by atoms with Crippen LogP contribution in [0.3, 0.4) is 0 Å². The van der Waals surface area contributed by atoms with E-state index in [9.17, 15) is 0 Å². The zero-order valence-electron chi connectivity index (χ0n) is 15.1. The topological polar surface area (TPSA) is 85.5 Å². The van der Waals surface area contributed by atoms with Gasteiger partial charge >= 0.3 is 0 Å². The van der Waals surface area contributed by atoms with E-state index in [2.05, 4.69) is 42.3 Å². The molecule has 1 aromatic carbocycles. The quantitative estimate of drug-likeness (QED) is 0.522. The van der Waals surface area contributed by atoms with Gasteiger partial charge in [-0.2, -0.15) is 0 Å². The molecule has 0 spiro atoms. The van der Waals surface area contributed by atoms with Gasteiger partial charge in [-0.15, -0.1) is 0 Å². The van der Waals surface area contributed by atoms with E-state index in [-0.39, 0.29) is 6.04 Å². The number of benzene rings is 1. The van der Waals surface area contributed by atoms with Crippen LogP contribution in [-0.2, 0) is 13.0 Å². The van der Waals surface area contributed by atoms with Crippen LogP contribution < -0.4 is 5.32 Å². The fraction of sp³-hybridized carbons (Fsp3) is 0.250. The van der Waals surface area contributed by atoms with E-state index >= 15 is 0 Å². The van der Waals surface area contributed by atoms with Crippen molar-refractivity contribution in [3.63, 3.8) is 0 Å². The second-order valence-electron chi connectivity index (χ2n) is 6.79. The molecule has 4 aromatic rings. The molecular formula is C20H21N7. The Balaban J connectivity index is 1.57. The average Bonchev–Trinajstić information content (AvgIpc) is 3.34. The van der Waals surface area contributed by atoms with Gasteiger partial charge in [0, 0.05) is 44.0 Å². The first-order valence-corrected chi connectivity index (χ1v) is 9.16. The molecule has 0 saturated heterocycles. The molecule has 0 radical (unpaired) electrons. The smallest absolute Gasteiger partial charge is 0.130 e. The molecule has 0 fully saturated rings. The Labute approximate surface area is 156 Å². The third-order valence-corrected chi connectivity index (χ3v) is 5.19. The molecule has 27 heavy (non-hydrogen) atoms. The van der Waals surface area contributed by atoms with Crippen LogP contribution in [0.25, 0.3) is 11.0 Å². The van der Waals surface area contributed by atoms with Crippen LogP contribution in [-0.4, -0.2) is 43.4 Å². The third-order valence-electron chi connectivity index (χ3n) is 5.19. The highest BCUT2D eigenvalue weighted by Gasteiger charge is 2.33. The highest BCUT2D eigenvalue weighted by atomic mass is 15.2. The lowest BCUT2D eigenvalue weighted by atomic mass is 10.0. The normalized spacial score (nSPS) is 17.1. The predicted molar refractivity (Wildman–Crippen MR) is 104 cm³/mol. The molecule has 136 valence electrons. The molecular weight excluding hydrogens is 338 g/mol. The number of H-pyrrole nitrogens is 2. The van der Waals surface area contributed by atoms with Crippen LogP contribution >= 0.6 is 0 Å². The molecule has 7 heteroatoms. The predicted octanol–water partition coefficient (Wildman–Crippen LogP) is 2.87. The molecule has 4 heterocycles. The molecule has 3 aromatic heterocycles. The number of aromatic nitrogens is 5. The van der Waals surface area contributed by atoms with Gasteiger partial charge in [0.15, 0.2) is 0 Å². The van der Waals surface area contributed by atoms with Crippen molar-refractivity contribution in [1.29, 1.82) is 0 Å². The van der Waals surface area contributed by atoms with E-state index in [0.29, 0.717) is 0 Å². The van der Waals surface area contributed by atoms with Crippen molar-refractivity contribution >= 4 is 16.9 Å². The van der Waals surface area contributed by atoms with E-state index in [4.69, 9.17) is 4.98 Å². The first-order valence-electron chi connectivity index (χ1n) is 9.16. The molecule has 3 N–H and O–H groups in total. The summed E-state index contributed by atoms with van der Waals surface area (Å²) < 4.78 is 0. The Morgan fingerprint density at radius 2 is 2.11 bits per heavy atom. The van der Waals surface area contributed by atoms with Crippen LogP contribution in [0.1, 0.15) is 28.8 Å². The van der Waals surface area contributed by atoms with Gasteiger partial charge in [-0.3, -0.25) is 4.90 Å². The Morgan fingerprint density at radius 3 is 3.00 bits per heavy atom. The zero-order valence-corrected chi connectivity index (χ0v) is 15.1. The van der Waals surface area contributed by atoms with E-state index in [0.717, 1.165) is 47.9 Å². The van der Waals surface area contributed by atoms with E-state index in [1.807, 2.05) is 37.5 Å². The van der Waals surface area contributed by atoms with Crippen LogP contribution in [0.4, 0.5) is 5.82 Å². The van der Waals surface area contributed by atoms with Gasteiger partial charge in [-0.05, 0) is 18.2 Å². The fourth-order valence-corrected chi connectivity index (χ4v) is 3.91. The molecule has 0 amide bonds. The molecule has 1 atom stereocenters. The summed E-state index contributed by atoms with van der Waals surface area (Å²) in [6.07, 6.45) is 4.54. The lowest BCUT2D eigenvalue weighted by Crippen LogP contribution is -2.36. The molecule has 7 nitrogen and oxygen atoms in total. The highest BCUT2D eigenvalue weighted by Crippen LogP contribution is 2.34. The number of aromatic amines is 2. The standard InChI is InChI=1S/C20H21N7/c1-21-19-13(5-4-9-22-19)11-27-10-8-16-17(24-12-23-16)18(27)20-25-14-6-2-3-7-15(14)26-20/h2-7,9,12,18H,8,10-11H2,1H3,(H,21,22)(H,23,24)(H,25,26). The van der Waals surface area contributed by atoms with Crippen molar-refractivity contribution in [2.75, 3.05) is 18.9 Å². The lowest BCUT2D eigenvalue weighted by Gasteiger charge is -2.34. The summed E-state index contributed by atoms with van der Waals surface area (Å²) in [4.78, 5) is 23.2. The SMILES string of the molecule is CNc1ncccc1CN1CCc2[nH]cnc2C1c1nc2ccccc2[nH]1. The van der Waals surface area contributed by atoms with E-state index in [1.54, 1.807) is 6.33 Å². The molecule has 0 saturated carbocycles. The Bertz CT molecular complexity index is 1050. The number of rotatable bonds is 4. The summed E-state index contributed by atoms with van der Waals surface area (Å²) in [5, 5.41) is 3.19. The Kier molecular flexibility index (Phi) is 3.86. The van der Waals surface area contributed by atoms with Crippen molar-refractivity contribution < 1.29 is 0 Å². The van der Waals surface area contributed by atoms with Gasteiger partial charge in [-0.25, -0.2) is 15.0 Å². The van der Waals surface area contributed by atoms with Gasteiger partial charge in [0.25, 0.3) is 0 Å². The van der Waals surface area contributed by atoms with Crippen LogP contribution in [0.15, 0.2) is 48.9 Å². The maximum atomic E-state index is 4.87. The molecule has 0 aliphatic carbocycles. The summed E-state index contributed by atoms with van der Waals surface area (Å²) in [6.45, 7) is 1.70. The lowest BCUT2D eigenvalue weighted by molar-refractivity contribution is 0.194. The highest BCUT2D eigenvalue weighted by molar-refractivity contribution is 5.75. The molecule has 1 aliphatic rings. The van der Waals surface area contributed by atoms with Crippen molar-refractivity contribution in [3.8, 4) is 0 Å². The number of hydrogen-bond acceptors (Lipinski definition) is 5. The largest absolute Gasteiger partial charge is 0.373 e. The van der Waals surface area contributed by atoms with Gasteiger partial charge in [0.2, 0.25) is 0 Å². The van der Waals surface area contributed by atoms with Crippen LogP contribution in [0.5, 0.6) is 0 Å². The number of hydrogen-bond donors (Lipinski definition) is 3. The fourth-order valence-electron chi connectivity index (χ4n) is 3.91. The van der Waals surface area contributed by atoms with Gasteiger partial charge in [0.05, 0.1) is 23.1 Å². The van der Waals surface area contributed by atoms with Gasteiger partial charge < -0.3 is 15.3 Å². The van der Waals surface area contributed by atoms with Crippen molar-refractivity contribution in [1.82, 2.24) is 29.8 Å². The van der Waals surface area contributed by atoms with Crippen LogP contribution in [0, 0.1) is 0 Å². The minimum Gasteiger partial charge on any atom is -0.373 e. The third kappa shape index (κ3) is 2.76. The van der Waals surface area contributed by atoms with E-state index in [1.165, 1.54) is 11.3 Å². The minimum atomic E-state index is -0.0164. The Morgan fingerprint density at radius 1 is 1.19 bits per heavy atom. The number of pyridine rings is 1. The zero-order chi connectivity index (χ0) is 18.2. The first kappa shape index (κ1) is 16.0. The monoisotopic (exact) mass is 359 g/mol. The van der Waals surface area contributed by atoms with Gasteiger partial charge in [0.1, 0.15) is 17.7 Å². The number of nitrogens with zero attached hydrogens (tertiary/aromatic N) is 4. The summed E-state index contributed by atoms with van der Waals surface area (Å²) in [5.74, 6) is 1.84. The number of para-hydroxylation sites is 2. The van der Waals surface area contributed by atoms with Gasteiger partial charge in [-0.1, -0.05) is 18.2 Å². The molecule has 5 rings (SSSR count). The maximum Gasteiger partial charge on any atom is 0.130 e. The number of nitrogens with one attached hydrogen (secondary N) is 3. The van der Waals surface area contributed by atoms with Crippen molar-refractivity contribution in [2.45, 2.75) is 19.0 Å². The second kappa shape index (κ2) is 6.51. The average molecular weight is 359 g/mol. The van der Waals surface area contributed by atoms with Crippen molar-refractivity contribution in [2.24, 2.45) is 0 Å². The second-order valence-corrected chi connectivity index (χ2v) is 6.79. The number of fused-ring (bicyclic) bond motifs is 2. The number of imidazole rings is 2. The maximum absolute atomic E-state index is 4.87. The van der Waals surface area contributed by atoms with Crippen LogP contribution in [0.2, 0.25) is 0 Å².